The normalized spacial score (nSPS) is 26.8. The number of nitrogens with one attached hydrogen (secondary N) is 1. The number of aliphatic carboxylic acids is 1. The van der Waals surface area contributed by atoms with Crippen molar-refractivity contribution in [1.82, 2.24) is 10.2 Å². The standard InChI is InChI=1S/C17H19N3O4/c1-9-7-11-14(16(22)20(11)12(8-9)17(23)24)19-15(21)13(18)10-5-3-2-4-6-10/h2-6,8-9,11,13-14H,7,18H2,1H3,(H,19,21)(H,23,24)/t9-,11?,13-,14-/m1/s1. The molecule has 0 aromatic heterocycles. The maximum absolute atomic E-state index is 12.3. The number of fused-ring (bicyclic) bond motifs is 1. The van der Waals surface area contributed by atoms with E-state index in [1.165, 1.54) is 4.90 Å². The highest BCUT2D eigenvalue weighted by Crippen LogP contribution is 2.35. The van der Waals surface area contributed by atoms with Crippen LogP contribution in [0.4, 0.5) is 0 Å². The molecule has 2 aliphatic heterocycles. The van der Waals surface area contributed by atoms with Gasteiger partial charge in [-0.3, -0.25) is 14.5 Å². The lowest BCUT2D eigenvalue weighted by Crippen LogP contribution is -2.72. The summed E-state index contributed by atoms with van der Waals surface area (Å²) in [6.07, 6.45) is 2.18. The number of benzene rings is 1. The molecule has 1 unspecified atom stereocenters. The topological polar surface area (TPSA) is 113 Å². The summed E-state index contributed by atoms with van der Waals surface area (Å²) >= 11 is 0. The molecule has 7 nitrogen and oxygen atoms in total. The summed E-state index contributed by atoms with van der Waals surface area (Å²) in [4.78, 5) is 37.1. The molecule has 1 aromatic rings. The van der Waals surface area contributed by atoms with E-state index in [2.05, 4.69) is 5.32 Å². The van der Waals surface area contributed by atoms with Gasteiger partial charge in [0.15, 0.2) is 0 Å². The van der Waals surface area contributed by atoms with Crippen molar-refractivity contribution >= 4 is 17.8 Å². The number of hydrogen-bond acceptors (Lipinski definition) is 4. The van der Waals surface area contributed by atoms with Crippen LogP contribution in [0.1, 0.15) is 24.9 Å². The van der Waals surface area contributed by atoms with Gasteiger partial charge in [0.25, 0.3) is 5.91 Å². The molecule has 1 fully saturated rings. The third-order valence-electron chi connectivity index (χ3n) is 4.49. The number of carbonyl (C=O) groups excluding carboxylic acids is 2. The van der Waals surface area contributed by atoms with Crippen LogP contribution in [0.5, 0.6) is 0 Å². The Labute approximate surface area is 139 Å². The fourth-order valence-electron chi connectivity index (χ4n) is 3.27. The molecule has 0 aliphatic carbocycles. The van der Waals surface area contributed by atoms with E-state index in [0.717, 1.165) is 0 Å². The molecule has 4 atom stereocenters. The Morgan fingerprint density at radius 1 is 1.33 bits per heavy atom. The van der Waals surface area contributed by atoms with Crippen molar-refractivity contribution < 1.29 is 19.5 Å². The number of β-lactam (4-membered cyclic amide) rings is 1. The third kappa shape index (κ3) is 2.67. The van der Waals surface area contributed by atoms with Crippen LogP contribution >= 0.6 is 0 Å². The van der Waals surface area contributed by atoms with Crippen LogP contribution in [0.3, 0.4) is 0 Å². The highest BCUT2D eigenvalue weighted by atomic mass is 16.4. The van der Waals surface area contributed by atoms with Crippen LogP contribution in [0, 0.1) is 5.92 Å². The molecule has 2 heterocycles. The number of allylic oxidation sites excluding steroid dienone is 1. The van der Waals surface area contributed by atoms with Crippen LogP contribution < -0.4 is 11.1 Å². The molecular formula is C17H19N3O4. The fourth-order valence-corrected chi connectivity index (χ4v) is 3.27. The minimum absolute atomic E-state index is 0.0124. The minimum atomic E-state index is -1.13. The second-order valence-electron chi connectivity index (χ2n) is 6.22. The third-order valence-corrected chi connectivity index (χ3v) is 4.49. The summed E-state index contributed by atoms with van der Waals surface area (Å²) in [7, 11) is 0. The predicted molar refractivity (Wildman–Crippen MR) is 85.4 cm³/mol. The van der Waals surface area contributed by atoms with E-state index >= 15 is 0 Å². The highest BCUT2D eigenvalue weighted by Gasteiger charge is 2.53. The molecule has 2 amide bonds. The SMILES string of the molecule is C[C@H]1C=C(C(=O)O)N2C(=O)[C@H](NC(=O)[C@H](N)c3ccccc3)C2C1. The summed E-state index contributed by atoms with van der Waals surface area (Å²) < 4.78 is 0. The number of carbonyl (C=O) groups is 3. The summed E-state index contributed by atoms with van der Waals surface area (Å²) in [5.74, 6) is -1.97. The zero-order valence-corrected chi connectivity index (χ0v) is 13.2. The monoisotopic (exact) mass is 329 g/mol. The zero-order valence-electron chi connectivity index (χ0n) is 13.2. The van der Waals surface area contributed by atoms with E-state index in [0.29, 0.717) is 12.0 Å². The lowest BCUT2D eigenvalue weighted by molar-refractivity contribution is -0.156. The summed E-state index contributed by atoms with van der Waals surface area (Å²) in [6.45, 7) is 1.89. The first kappa shape index (κ1) is 16.2. The lowest BCUT2D eigenvalue weighted by Gasteiger charge is -2.50. The Balaban J connectivity index is 1.72. The van der Waals surface area contributed by atoms with Crippen molar-refractivity contribution in [3.05, 3.63) is 47.7 Å². The van der Waals surface area contributed by atoms with Gasteiger partial charge in [0.05, 0.1) is 6.04 Å². The smallest absolute Gasteiger partial charge is 0.352 e. The van der Waals surface area contributed by atoms with Crippen molar-refractivity contribution in [2.24, 2.45) is 11.7 Å². The molecule has 1 saturated heterocycles. The van der Waals surface area contributed by atoms with Crippen molar-refractivity contribution in [3.63, 3.8) is 0 Å². The first-order valence-corrected chi connectivity index (χ1v) is 7.79. The molecule has 1 aromatic carbocycles. The van der Waals surface area contributed by atoms with E-state index in [1.54, 1.807) is 30.3 Å². The maximum Gasteiger partial charge on any atom is 0.352 e. The van der Waals surface area contributed by atoms with Crippen LogP contribution in [0.2, 0.25) is 0 Å². The summed E-state index contributed by atoms with van der Waals surface area (Å²) in [6, 6.07) is 6.94. The number of nitrogens with zero attached hydrogens (tertiary/aromatic N) is 1. The first-order valence-electron chi connectivity index (χ1n) is 7.79. The fraction of sp³-hybridized carbons (Fsp3) is 0.353. The number of hydrogen-bond donors (Lipinski definition) is 3. The Morgan fingerprint density at radius 2 is 2.00 bits per heavy atom. The number of nitrogens with two attached hydrogens (primary N) is 1. The van der Waals surface area contributed by atoms with Gasteiger partial charge in [0.2, 0.25) is 5.91 Å². The van der Waals surface area contributed by atoms with Crippen molar-refractivity contribution in [1.29, 1.82) is 0 Å². The van der Waals surface area contributed by atoms with E-state index < -0.39 is 29.9 Å². The van der Waals surface area contributed by atoms with Crippen LogP contribution in [0.25, 0.3) is 0 Å². The van der Waals surface area contributed by atoms with Gasteiger partial charge in [-0.05, 0) is 17.9 Å². The number of carboxylic acids is 1. The Morgan fingerprint density at radius 3 is 2.62 bits per heavy atom. The lowest BCUT2D eigenvalue weighted by atomic mass is 9.82. The molecule has 3 rings (SSSR count). The molecule has 0 spiro atoms. The van der Waals surface area contributed by atoms with E-state index in [-0.39, 0.29) is 17.7 Å². The first-order chi connectivity index (χ1) is 11.4. The average molecular weight is 329 g/mol. The average Bonchev–Trinajstić information content (AvgIpc) is 2.58. The minimum Gasteiger partial charge on any atom is -0.477 e. The number of amides is 2. The van der Waals surface area contributed by atoms with Crippen molar-refractivity contribution in [3.8, 4) is 0 Å². The molecular weight excluding hydrogens is 310 g/mol. The van der Waals surface area contributed by atoms with Gasteiger partial charge < -0.3 is 16.2 Å². The quantitative estimate of drug-likeness (QED) is 0.692. The summed E-state index contributed by atoms with van der Waals surface area (Å²) in [5.41, 5.74) is 6.58. The van der Waals surface area contributed by atoms with E-state index in [4.69, 9.17) is 5.73 Å². The Bertz CT molecular complexity index is 716. The van der Waals surface area contributed by atoms with Gasteiger partial charge >= 0.3 is 5.97 Å². The predicted octanol–water partition coefficient (Wildman–Crippen LogP) is 0.390. The molecule has 24 heavy (non-hydrogen) atoms. The number of rotatable bonds is 4. The maximum atomic E-state index is 12.3. The largest absolute Gasteiger partial charge is 0.477 e. The number of carboxylic acid groups (broad SMARTS) is 1. The molecule has 4 N–H and O–H groups in total. The molecule has 7 heteroatoms. The van der Waals surface area contributed by atoms with Gasteiger partial charge in [0, 0.05) is 0 Å². The second kappa shape index (κ2) is 6.09. The molecule has 0 saturated carbocycles. The van der Waals surface area contributed by atoms with E-state index in [1.807, 2.05) is 13.0 Å². The Hall–Kier alpha value is -2.67. The second-order valence-corrected chi connectivity index (χ2v) is 6.22. The van der Waals surface area contributed by atoms with Gasteiger partial charge in [-0.1, -0.05) is 43.3 Å². The Kier molecular flexibility index (Phi) is 4.11. The molecule has 2 aliphatic rings. The van der Waals surface area contributed by atoms with Gasteiger partial charge in [-0.2, -0.15) is 0 Å². The van der Waals surface area contributed by atoms with Crippen LogP contribution in [-0.2, 0) is 14.4 Å². The van der Waals surface area contributed by atoms with Crippen LogP contribution in [0.15, 0.2) is 42.1 Å². The van der Waals surface area contributed by atoms with Crippen molar-refractivity contribution in [2.45, 2.75) is 31.5 Å². The summed E-state index contributed by atoms with van der Waals surface area (Å²) in [5, 5.41) is 11.9. The van der Waals surface area contributed by atoms with Gasteiger partial charge in [0.1, 0.15) is 17.8 Å². The van der Waals surface area contributed by atoms with E-state index in [9.17, 15) is 19.5 Å². The van der Waals surface area contributed by atoms with Gasteiger partial charge in [-0.15, -0.1) is 0 Å². The van der Waals surface area contributed by atoms with Gasteiger partial charge in [-0.25, -0.2) is 4.79 Å². The molecule has 0 bridgehead atoms. The molecule has 126 valence electrons. The van der Waals surface area contributed by atoms with Crippen molar-refractivity contribution in [2.75, 3.05) is 0 Å². The van der Waals surface area contributed by atoms with Crippen LogP contribution in [-0.4, -0.2) is 39.9 Å². The highest BCUT2D eigenvalue weighted by molar-refractivity contribution is 6.01. The molecule has 0 radical (unpaired) electrons. The zero-order chi connectivity index (χ0) is 17.4.